The third-order valence-corrected chi connectivity index (χ3v) is 3.60. The van der Waals surface area contributed by atoms with Crippen LogP contribution in [0.15, 0.2) is 24.3 Å². The molecule has 1 aliphatic rings. The van der Waals surface area contributed by atoms with Crippen molar-refractivity contribution in [3.8, 4) is 5.75 Å². The summed E-state index contributed by atoms with van der Waals surface area (Å²) in [6.07, 6.45) is -1.12. The monoisotopic (exact) mass is 325 g/mol. The highest BCUT2D eigenvalue weighted by atomic mass is 19.1. The van der Waals surface area contributed by atoms with E-state index in [9.17, 15) is 14.0 Å². The topological polar surface area (TPSA) is 76.1 Å². The first-order valence-corrected chi connectivity index (χ1v) is 7.54. The largest absolute Gasteiger partial charge is 0.481 e. The van der Waals surface area contributed by atoms with Crippen LogP contribution in [0.25, 0.3) is 0 Å². The Balaban J connectivity index is 2.01. The Morgan fingerprint density at radius 1 is 1.48 bits per heavy atom. The number of hydrogen-bond donors (Lipinski definition) is 1. The molecule has 23 heavy (non-hydrogen) atoms. The van der Waals surface area contributed by atoms with Crippen LogP contribution in [0.2, 0.25) is 0 Å². The molecule has 1 fully saturated rings. The van der Waals surface area contributed by atoms with E-state index in [4.69, 9.17) is 14.6 Å². The Kier molecular flexibility index (Phi) is 5.92. The van der Waals surface area contributed by atoms with Gasteiger partial charge in [-0.25, -0.2) is 4.39 Å². The van der Waals surface area contributed by atoms with E-state index in [-0.39, 0.29) is 31.2 Å². The standard InChI is InChI=1S/C16H20FNO5/c1-2-13(23-14-6-4-3-5-12(14)17)16(21)18-7-8-22-11(10-18)9-15(19)20/h3-6,11,13H,2,7-10H2,1H3,(H,19,20)/t11-,13-/m0/s1. The van der Waals surface area contributed by atoms with Gasteiger partial charge in [0.1, 0.15) is 0 Å². The lowest BCUT2D eigenvalue weighted by Crippen LogP contribution is -2.50. The molecule has 0 saturated carbocycles. The molecular weight excluding hydrogens is 305 g/mol. The second kappa shape index (κ2) is 7.92. The van der Waals surface area contributed by atoms with Crippen molar-refractivity contribution in [1.82, 2.24) is 4.90 Å². The number of ether oxygens (including phenoxy) is 2. The lowest BCUT2D eigenvalue weighted by atomic mass is 10.1. The van der Waals surface area contributed by atoms with E-state index in [0.717, 1.165) is 0 Å². The molecule has 0 aromatic heterocycles. The molecule has 2 rings (SSSR count). The lowest BCUT2D eigenvalue weighted by Gasteiger charge is -2.34. The van der Waals surface area contributed by atoms with Crippen LogP contribution in [0.1, 0.15) is 19.8 Å². The summed E-state index contributed by atoms with van der Waals surface area (Å²) in [5.41, 5.74) is 0. The number of rotatable bonds is 6. The van der Waals surface area contributed by atoms with E-state index < -0.39 is 24.0 Å². The molecule has 1 saturated heterocycles. The zero-order chi connectivity index (χ0) is 16.8. The number of amides is 1. The van der Waals surface area contributed by atoms with Gasteiger partial charge in [-0.1, -0.05) is 19.1 Å². The highest BCUT2D eigenvalue weighted by Crippen LogP contribution is 2.20. The summed E-state index contributed by atoms with van der Waals surface area (Å²) in [4.78, 5) is 24.8. The molecule has 7 heteroatoms. The van der Waals surface area contributed by atoms with E-state index in [1.807, 2.05) is 0 Å². The Labute approximate surface area is 133 Å². The number of para-hydroxylation sites is 1. The van der Waals surface area contributed by atoms with Gasteiger partial charge in [-0.2, -0.15) is 0 Å². The summed E-state index contributed by atoms with van der Waals surface area (Å²) in [6.45, 7) is 2.62. The molecule has 126 valence electrons. The molecule has 1 N–H and O–H groups in total. The number of morpholine rings is 1. The Morgan fingerprint density at radius 3 is 2.87 bits per heavy atom. The number of nitrogens with zero attached hydrogens (tertiary/aromatic N) is 1. The predicted octanol–water partition coefficient (Wildman–Crippen LogP) is 1.69. The average molecular weight is 325 g/mol. The Hall–Kier alpha value is -2.15. The van der Waals surface area contributed by atoms with Gasteiger partial charge in [0.25, 0.3) is 5.91 Å². The van der Waals surface area contributed by atoms with Crippen molar-refractivity contribution in [2.75, 3.05) is 19.7 Å². The molecule has 1 heterocycles. The molecule has 6 nitrogen and oxygen atoms in total. The van der Waals surface area contributed by atoms with Gasteiger partial charge in [0.2, 0.25) is 0 Å². The Bertz CT molecular complexity index is 565. The summed E-state index contributed by atoms with van der Waals surface area (Å²) >= 11 is 0. The summed E-state index contributed by atoms with van der Waals surface area (Å²) in [7, 11) is 0. The molecular formula is C16H20FNO5. The third-order valence-electron chi connectivity index (χ3n) is 3.60. The number of halogens is 1. The first-order valence-electron chi connectivity index (χ1n) is 7.54. The van der Waals surface area contributed by atoms with Crippen LogP contribution in [0.5, 0.6) is 5.75 Å². The molecule has 1 aromatic carbocycles. The highest BCUT2D eigenvalue weighted by molar-refractivity contribution is 5.81. The van der Waals surface area contributed by atoms with Crippen molar-refractivity contribution in [2.45, 2.75) is 32.0 Å². The minimum atomic E-state index is -0.973. The molecule has 0 spiro atoms. The van der Waals surface area contributed by atoms with Gasteiger partial charge >= 0.3 is 5.97 Å². The fraction of sp³-hybridized carbons (Fsp3) is 0.500. The summed E-state index contributed by atoms with van der Waals surface area (Å²) in [6, 6.07) is 5.92. The van der Waals surface area contributed by atoms with Crippen molar-refractivity contribution in [3.63, 3.8) is 0 Å². The highest BCUT2D eigenvalue weighted by Gasteiger charge is 2.31. The zero-order valence-corrected chi connectivity index (χ0v) is 12.9. The normalized spacial score (nSPS) is 19.2. The van der Waals surface area contributed by atoms with Gasteiger partial charge < -0.3 is 19.5 Å². The smallest absolute Gasteiger partial charge is 0.306 e. The van der Waals surface area contributed by atoms with E-state index >= 15 is 0 Å². The predicted molar refractivity (Wildman–Crippen MR) is 79.7 cm³/mol. The first kappa shape index (κ1) is 17.2. The van der Waals surface area contributed by atoms with Crippen LogP contribution in [0.4, 0.5) is 4.39 Å². The maximum absolute atomic E-state index is 13.7. The van der Waals surface area contributed by atoms with Crippen LogP contribution in [-0.2, 0) is 14.3 Å². The van der Waals surface area contributed by atoms with E-state index in [0.29, 0.717) is 13.0 Å². The van der Waals surface area contributed by atoms with Crippen molar-refractivity contribution >= 4 is 11.9 Å². The molecule has 1 aliphatic heterocycles. The molecule has 0 aliphatic carbocycles. The summed E-state index contributed by atoms with van der Waals surface area (Å²) < 4.78 is 24.5. The van der Waals surface area contributed by atoms with Crippen molar-refractivity contribution < 1.29 is 28.6 Å². The number of hydrogen-bond acceptors (Lipinski definition) is 4. The quantitative estimate of drug-likeness (QED) is 0.861. The lowest BCUT2D eigenvalue weighted by molar-refractivity contribution is -0.151. The van der Waals surface area contributed by atoms with Gasteiger partial charge in [-0.3, -0.25) is 9.59 Å². The van der Waals surface area contributed by atoms with Gasteiger partial charge in [-0.05, 0) is 18.6 Å². The van der Waals surface area contributed by atoms with Crippen LogP contribution in [0.3, 0.4) is 0 Å². The second-order valence-electron chi connectivity index (χ2n) is 5.32. The summed E-state index contributed by atoms with van der Waals surface area (Å²) in [5.74, 6) is -1.75. The maximum atomic E-state index is 13.7. The number of aliphatic carboxylic acids is 1. The molecule has 0 unspecified atom stereocenters. The number of carboxylic acid groups (broad SMARTS) is 1. The molecule has 0 radical (unpaired) electrons. The molecule has 0 bridgehead atoms. The van der Waals surface area contributed by atoms with Crippen LogP contribution >= 0.6 is 0 Å². The van der Waals surface area contributed by atoms with Crippen molar-refractivity contribution in [1.29, 1.82) is 0 Å². The van der Waals surface area contributed by atoms with Crippen molar-refractivity contribution in [3.05, 3.63) is 30.1 Å². The van der Waals surface area contributed by atoms with E-state index in [2.05, 4.69) is 0 Å². The maximum Gasteiger partial charge on any atom is 0.306 e. The van der Waals surface area contributed by atoms with Crippen LogP contribution in [0, 0.1) is 5.82 Å². The van der Waals surface area contributed by atoms with Gasteiger partial charge in [0.05, 0.1) is 19.1 Å². The van der Waals surface area contributed by atoms with Crippen molar-refractivity contribution in [2.24, 2.45) is 0 Å². The number of benzene rings is 1. The SMILES string of the molecule is CC[C@H](Oc1ccccc1F)C(=O)N1CCO[C@@H](CC(=O)O)C1. The van der Waals surface area contributed by atoms with Crippen LogP contribution in [-0.4, -0.2) is 53.8 Å². The van der Waals surface area contributed by atoms with E-state index in [1.165, 1.54) is 17.0 Å². The molecule has 1 amide bonds. The number of carboxylic acids is 1. The molecule has 1 aromatic rings. The third kappa shape index (κ3) is 4.66. The zero-order valence-electron chi connectivity index (χ0n) is 12.9. The van der Waals surface area contributed by atoms with Gasteiger partial charge in [0.15, 0.2) is 17.7 Å². The number of carbonyl (C=O) groups is 2. The average Bonchev–Trinajstić information content (AvgIpc) is 2.53. The molecule has 2 atom stereocenters. The second-order valence-corrected chi connectivity index (χ2v) is 5.32. The van der Waals surface area contributed by atoms with Gasteiger partial charge in [0, 0.05) is 13.1 Å². The minimum absolute atomic E-state index is 0.0306. The fourth-order valence-electron chi connectivity index (χ4n) is 2.44. The Morgan fingerprint density at radius 2 is 2.22 bits per heavy atom. The van der Waals surface area contributed by atoms with Gasteiger partial charge in [-0.15, -0.1) is 0 Å². The first-order chi connectivity index (χ1) is 11.0. The fourth-order valence-corrected chi connectivity index (χ4v) is 2.44. The minimum Gasteiger partial charge on any atom is -0.481 e. The number of carbonyl (C=O) groups excluding carboxylic acids is 1. The van der Waals surface area contributed by atoms with E-state index in [1.54, 1.807) is 19.1 Å². The van der Waals surface area contributed by atoms with Crippen LogP contribution < -0.4 is 4.74 Å². The summed E-state index contributed by atoms with van der Waals surface area (Å²) in [5, 5.41) is 8.82.